The van der Waals surface area contributed by atoms with Crippen LogP contribution in [0.1, 0.15) is 77.0 Å². The van der Waals surface area contributed by atoms with Crippen molar-refractivity contribution >= 4 is 94.2 Å². The van der Waals surface area contributed by atoms with E-state index in [1.54, 1.807) is 0 Å². The predicted molar refractivity (Wildman–Crippen MR) is 217 cm³/mol. The smallest absolute Gasteiger partial charge is 0.321 e. The summed E-state index contributed by atoms with van der Waals surface area (Å²) in [4.78, 5) is 147. The van der Waals surface area contributed by atoms with Crippen LogP contribution in [0.25, 0.3) is 0 Å². The summed E-state index contributed by atoms with van der Waals surface area (Å²) in [5, 5.41) is 132. The van der Waals surface area contributed by atoms with Crippen LogP contribution >= 0.6 is 22.5 Å². The molecule has 0 aromatic carbocycles. The van der Waals surface area contributed by atoms with Gasteiger partial charge < -0.3 is 61.3 Å². The molecule has 0 saturated carbocycles. The van der Waals surface area contributed by atoms with Crippen molar-refractivity contribution in [2.45, 2.75) is 113 Å². The van der Waals surface area contributed by atoms with Crippen molar-refractivity contribution in [2.24, 2.45) is 13.5 Å². The molecule has 0 aromatic rings. The largest absolute Gasteiger partial charge is 0.481 e. The van der Waals surface area contributed by atoms with Crippen LogP contribution in [0.4, 0.5) is 0 Å². The lowest BCUT2D eigenvalue weighted by atomic mass is 10.2. The first-order valence-corrected chi connectivity index (χ1v) is 23.8. The molecule has 0 aliphatic carbocycles. The van der Waals surface area contributed by atoms with Crippen molar-refractivity contribution in [3.63, 3.8) is 0 Å². The van der Waals surface area contributed by atoms with Crippen LogP contribution in [0.3, 0.4) is 0 Å². The molecule has 0 spiro atoms. The summed E-state index contributed by atoms with van der Waals surface area (Å²) in [6, 6.07) is -13.8. The summed E-state index contributed by atoms with van der Waals surface area (Å²) >= 11 is 0. The van der Waals surface area contributed by atoms with Gasteiger partial charge in [-0.15, -0.1) is 0 Å². The molecule has 66 heavy (non-hydrogen) atoms. The van der Waals surface area contributed by atoms with Gasteiger partial charge in [0.05, 0.1) is 0 Å². The first-order valence-electron chi connectivity index (χ1n) is 18.7. The monoisotopic (exact) mass is 1010 g/mol. The summed E-state index contributed by atoms with van der Waals surface area (Å²) in [7, 11) is -16.1. The zero-order valence-electron chi connectivity index (χ0n) is 33.9. The van der Waals surface area contributed by atoms with E-state index < -0.39 is 207 Å². The number of nitrogens with zero attached hydrogens (tertiary/aromatic N) is 3. The maximum atomic E-state index is 12.8. The average molecular weight is 1010 g/mol. The Morgan fingerprint density at radius 1 is 0.273 bits per heavy atom. The molecule has 1 aliphatic heterocycles. The normalized spacial score (nSPS) is 17.3. The van der Waals surface area contributed by atoms with Crippen LogP contribution in [0.15, 0.2) is 13.5 Å². The van der Waals surface area contributed by atoms with Crippen molar-refractivity contribution in [1.82, 2.24) is 30.5 Å². The molecule has 36 heteroatoms. The Hall–Kier alpha value is -5.91. The van der Waals surface area contributed by atoms with E-state index in [1.807, 2.05) is 0 Å². The maximum Gasteiger partial charge on any atom is 0.321 e. The average Bonchev–Trinajstić information content (AvgIpc) is 3.17. The van der Waals surface area contributed by atoms with Crippen LogP contribution < -0.4 is 30.5 Å². The Kier molecular flexibility index (Phi) is 23.1. The molecule has 0 saturated heterocycles. The molecule has 18 N–H and O–H groups in total. The Morgan fingerprint density at radius 2 is 0.394 bits per heavy atom. The van der Waals surface area contributed by atoms with E-state index in [9.17, 15) is 119 Å². The second-order valence-corrected chi connectivity index (χ2v) is 21.1. The predicted octanol–water partition coefficient (Wildman–Crippen LogP) is -0.716. The number of hydrogen-bond acceptors (Lipinski definition) is 21. The van der Waals surface area contributed by atoms with Crippen LogP contribution in [0, 0.1) is 0 Å². The zero-order valence-corrected chi connectivity index (χ0v) is 36.6. The minimum absolute atomic E-state index is 0.985. The summed E-state index contributed by atoms with van der Waals surface area (Å²) in [5.41, 5.74) is 0. The molecule has 372 valence electrons. The van der Waals surface area contributed by atoms with E-state index >= 15 is 0 Å². The highest BCUT2D eigenvalue weighted by atomic mass is 31.3. The summed E-state index contributed by atoms with van der Waals surface area (Å²) in [6.07, 6.45) is -12.1. The van der Waals surface area contributed by atoms with Crippen molar-refractivity contribution < 1.29 is 119 Å². The Balaban J connectivity index is 5.16. The second-order valence-electron chi connectivity index (χ2n) is 13.8. The van der Waals surface area contributed by atoms with E-state index in [2.05, 4.69) is 44.1 Å². The van der Waals surface area contributed by atoms with Gasteiger partial charge in [-0.1, -0.05) is 0 Å². The highest BCUT2D eigenvalue weighted by Gasteiger charge is 2.47. The SMILES string of the molecule is O=C(O)CC[C@H](NP1(N[C@@H](CCC(=O)O)C(=O)O)=NP(N[C@@H](CCC(=O)O)C(=O)O)(N[C@@H](CCC(=O)O)C(=O)O)=NP(N[C@@H](CCC(=O)O)C(=O)O)(N[C@@H](CCC(=O)O)C(=O)O)=N1)C(=O)O. The van der Waals surface area contributed by atoms with Crippen molar-refractivity contribution in [3.8, 4) is 0 Å². The molecule has 6 atom stereocenters. The fraction of sp³-hybridized carbons (Fsp3) is 0.600. The van der Waals surface area contributed by atoms with Crippen molar-refractivity contribution in [2.75, 3.05) is 0 Å². The van der Waals surface area contributed by atoms with Gasteiger partial charge in [0.1, 0.15) is 36.3 Å². The lowest BCUT2D eigenvalue weighted by Gasteiger charge is -2.41. The maximum absolute atomic E-state index is 12.8. The number of rotatable bonds is 36. The first kappa shape index (κ1) is 58.1. The highest BCUT2D eigenvalue weighted by molar-refractivity contribution is 7.83. The third kappa shape index (κ3) is 20.5. The number of carbonyl (C=O) groups is 12. The first-order chi connectivity index (χ1) is 30.4. The minimum atomic E-state index is -5.35. The van der Waals surface area contributed by atoms with Crippen LogP contribution in [-0.2, 0) is 57.5 Å². The van der Waals surface area contributed by atoms with Gasteiger partial charge in [-0.3, -0.25) is 57.5 Å². The molecule has 0 aromatic heterocycles. The quantitative estimate of drug-likeness (QED) is 0.0345. The van der Waals surface area contributed by atoms with Gasteiger partial charge in [-0.05, 0) is 38.5 Å². The van der Waals surface area contributed by atoms with Gasteiger partial charge in [0.25, 0.3) is 0 Å². The number of carboxylic acids is 12. The molecule has 0 bridgehead atoms. The van der Waals surface area contributed by atoms with Crippen LogP contribution in [-0.4, -0.2) is 169 Å². The number of nitrogens with one attached hydrogen (secondary N) is 6. The van der Waals surface area contributed by atoms with Crippen molar-refractivity contribution in [1.29, 1.82) is 0 Å². The third-order valence-electron chi connectivity index (χ3n) is 8.46. The molecule has 1 heterocycles. The van der Waals surface area contributed by atoms with E-state index in [0.29, 0.717) is 0 Å². The molecule has 1 aliphatic rings. The number of hydrogen-bond donors (Lipinski definition) is 18. The summed E-state index contributed by atoms with van der Waals surface area (Å²) in [6.45, 7) is 0. The Morgan fingerprint density at radius 3 is 0.485 bits per heavy atom. The third-order valence-corrected chi connectivity index (χ3v) is 18.7. The van der Waals surface area contributed by atoms with Gasteiger partial charge in [0, 0.05) is 38.5 Å². The fourth-order valence-electron chi connectivity index (χ4n) is 5.41. The molecule has 0 fully saturated rings. The highest BCUT2D eigenvalue weighted by Crippen LogP contribution is 2.72. The molecular weight excluding hydrogens is 963 g/mol. The van der Waals surface area contributed by atoms with Gasteiger partial charge >= 0.3 is 71.6 Å². The molecule has 1 rings (SSSR count). The standard InChI is InChI=1S/C30H48N9O24P3/c40-19(41)7-1-13(25(52)53)31-64(32-14(26(54)55)2-8-20(42)43)37-65(33-15(27(56)57)3-9-21(44)45,34-16(28(58)59)4-10-22(46)47)39-66(38-64,35-17(29(60)61)5-11-23(48)49)36-18(30(62)63)6-12-24(50)51/h13-18,31-36H,1-12H2,(H,40,41)(H,42,43)(H,44,45)(H,46,47)(H,48,49)(H,50,51)(H,52,53)(H,54,55)(H,56,57)(H,58,59)(H,60,61)(H,62,63)/t13-,14-,15-,16-,17-,18-/m0/s1. The molecule has 0 radical (unpaired) electrons. The molecular formula is C30H48N9O24P3. The zero-order chi connectivity index (χ0) is 50.7. The van der Waals surface area contributed by atoms with Crippen molar-refractivity contribution in [3.05, 3.63) is 0 Å². The van der Waals surface area contributed by atoms with Gasteiger partial charge in [0.15, 0.2) is 0 Å². The number of carboxylic acid groups (broad SMARTS) is 12. The molecule has 0 unspecified atom stereocenters. The van der Waals surface area contributed by atoms with Crippen LogP contribution in [0.5, 0.6) is 0 Å². The van der Waals surface area contributed by atoms with E-state index in [0.717, 1.165) is 0 Å². The van der Waals surface area contributed by atoms with Gasteiger partial charge in [-0.2, -0.15) is 13.5 Å². The fourth-order valence-corrected chi connectivity index (χ4v) is 18.0. The topological polar surface area (TPSA) is 557 Å². The van der Waals surface area contributed by atoms with E-state index in [1.165, 1.54) is 0 Å². The summed E-state index contributed by atoms with van der Waals surface area (Å²) in [5.74, 6) is -21.8. The Bertz CT molecular complexity index is 1730. The molecule has 33 nitrogen and oxygen atoms in total. The number of aliphatic carboxylic acids is 12. The minimum Gasteiger partial charge on any atom is -0.481 e. The lowest BCUT2D eigenvalue weighted by molar-refractivity contribution is -0.142. The van der Waals surface area contributed by atoms with E-state index in [-0.39, 0.29) is 0 Å². The second kappa shape index (κ2) is 26.3. The van der Waals surface area contributed by atoms with E-state index in [4.69, 9.17) is 0 Å². The van der Waals surface area contributed by atoms with Gasteiger partial charge in [-0.25, -0.2) is 30.5 Å². The molecule has 0 amide bonds. The lowest BCUT2D eigenvalue weighted by Crippen LogP contribution is -2.48. The van der Waals surface area contributed by atoms with Crippen LogP contribution in [0.2, 0.25) is 0 Å². The van der Waals surface area contributed by atoms with Gasteiger partial charge in [0.2, 0.25) is 22.5 Å². The summed E-state index contributed by atoms with van der Waals surface area (Å²) < 4.78 is 13.1. The Labute approximate surface area is 370 Å².